The van der Waals surface area contributed by atoms with E-state index >= 15 is 0 Å². The van der Waals surface area contributed by atoms with Gasteiger partial charge in [-0.25, -0.2) is 0 Å². The molecule has 0 bridgehead atoms. The summed E-state index contributed by atoms with van der Waals surface area (Å²) in [5, 5.41) is 8.65. The van der Waals surface area contributed by atoms with E-state index in [9.17, 15) is 0 Å². The molecule has 0 saturated carbocycles. The molecule has 0 aromatic heterocycles. The molecule has 1 rings (SSSR count). The van der Waals surface area contributed by atoms with Gasteiger partial charge in [-0.15, -0.1) is 0 Å². The molecule has 3 nitrogen and oxygen atoms in total. The summed E-state index contributed by atoms with van der Waals surface area (Å²) in [4.78, 5) is 2.10. The van der Waals surface area contributed by atoms with Crippen LogP contribution in [0.3, 0.4) is 0 Å². The Morgan fingerprint density at radius 1 is 1.60 bits per heavy atom. The summed E-state index contributed by atoms with van der Waals surface area (Å²) in [5.74, 6) is 0. The number of nitrogen functional groups attached to an aromatic ring is 1. The molecular weight excluding hydrogens is 301 g/mol. The minimum absolute atomic E-state index is 0.215. The molecule has 2 N–H and O–H groups in total. The Morgan fingerprint density at radius 3 is 2.80 bits per heavy atom. The predicted octanol–water partition coefficient (Wildman–Crippen LogP) is 2.61. The molecule has 0 radical (unpaired) electrons. The summed E-state index contributed by atoms with van der Waals surface area (Å²) in [6.45, 7) is 2.04. The van der Waals surface area contributed by atoms with Crippen molar-refractivity contribution in [2.24, 2.45) is 0 Å². The molecule has 80 valence electrons. The Kier molecular flexibility index (Phi) is 4.21. The second kappa shape index (κ2) is 5.21. The molecule has 15 heavy (non-hydrogen) atoms. The molecule has 0 heterocycles. The van der Waals surface area contributed by atoms with Gasteiger partial charge in [-0.1, -0.05) is 0 Å². The molecule has 1 aromatic carbocycles. The smallest absolute Gasteiger partial charge is 0.0643 e. The van der Waals surface area contributed by atoms with Gasteiger partial charge in [0.15, 0.2) is 0 Å². The molecule has 0 aliphatic heterocycles. The standard InChI is InChI=1S/C11H14IN3/c1-8(5-6-13)15(2)11-4-3-9(14)7-10(11)12/h3-4,7-8H,5,14H2,1-2H3. The molecule has 1 aromatic rings. The van der Waals surface area contributed by atoms with Crippen LogP contribution >= 0.6 is 22.6 Å². The number of nitriles is 1. The normalized spacial score (nSPS) is 11.9. The van der Waals surface area contributed by atoms with E-state index < -0.39 is 0 Å². The Balaban J connectivity index is 2.91. The number of nitrogens with two attached hydrogens (primary N) is 1. The average molecular weight is 315 g/mol. The zero-order valence-electron chi connectivity index (χ0n) is 8.87. The fourth-order valence-electron chi connectivity index (χ4n) is 1.32. The van der Waals surface area contributed by atoms with Crippen molar-refractivity contribution in [3.63, 3.8) is 0 Å². The first-order chi connectivity index (χ1) is 7.06. The molecule has 0 saturated heterocycles. The molecule has 1 unspecified atom stereocenters. The zero-order valence-corrected chi connectivity index (χ0v) is 11.0. The van der Waals surface area contributed by atoms with Gasteiger partial charge in [0.05, 0.1) is 18.2 Å². The number of hydrogen-bond acceptors (Lipinski definition) is 3. The second-order valence-corrected chi connectivity index (χ2v) is 4.70. The Bertz CT molecular complexity index is 384. The average Bonchev–Trinajstić information content (AvgIpc) is 2.17. The van der Waals surface area contributed by atoms with E-state index in [-0.39, 0.29) is 6.04 Å². The van der Waals surface area contributed by atoms with Crippen molar-refractivity contribution in [3.8, 4) is 6.07 Å². The highest BCUT2D eigenvalue weighted by Crippen LogP contribution is 2.25. The minimum Gasteiger partial charge on any atom is -0.399 e. The molecule has 0 aliphatic rings. The van der Waals surface area contributed by atoms with Crippen molar-refractivity contribution in [3.05, 3.63) is 21.8 Å². The quantitative estimate of drug-likeness (QED) is 0.689. The SMILES string of the molecule is CC(CC#N)N(C)c1ccc(N)cc1I. The van der Waals surface area contributed by atoms with Crippen LogP contribution in [-0.2, 0) is 0 Å². The highest BCUT2D eigenvalue weighted by molar-refractivity contribution is 14.1. The van der Waals surface area contributed by atoms with Gasteiger partial charge in [0, 0.05) is 22.3 Å². The summed E-state index contributed by atoms with van der Waals surface area (Å²) in [5.41, 5.74) is 7.57. The molecule has 0 spiro atoms. The number of hydrogen-bond donors (Lipinski definition) is 1. The second-order valence-electron chi connectivity index (χ2n) is 3.53. The summed E-state index contributed by atoms with van der Waals surface area (Å²) in [6, 6.07) is 8.20. The van der Waals surface area contributed by atoms with Gasteiger partial charge in [-0.2, -0.15) is 5.26 Å². The zero-order chi connectivity index (χ0) is 11.4. The van der Waals surface area contributed by atoms with Crippen LogP contribution in [0.1, 0.15) is 13.3 Å². The third kappa shape index (κ3) is 2.99. The van der Waals surface area contributed by atoms with E-state index in [1.165, 1.54) is 0 Å². The summed E-state index contributed by atoms with van der Waals surface area (Å²) in [6.07, 6.45) is 0.525. The van der Waals surface area contributed by atoms with E-state index in [1.54, 1.807) is 0 Å². The first-order valence-corrected chi connectivity index (χ1v) is 5.79. The van der Waals surface area contributed by atoms with Crippen LogP contribution in [0.5, 0.6) is 0 Å². The third-order valence-corrected chi connectivity index (χ3v) is 3.26. The van der Waals surface area contributed by atoms with Gasteiger partial charge in [-0.05, 0) is 47.7 Å². The van der Waals surface area contributed by atoms with Crippen molar-refractivity contribution < 1.29 is 0 Å². The Morgan fingerprint density at radius 2 is 2.27 bits per heavy atom. The van der Waals surface area contributed by atoms with Crippen molar-refractivity contribution in [2.75, 3.05) is 17.7 Å². The van der Waals surface area contributed by atoms with Crippen molar-refractivity contribution in [2.45, 2.75) is 19.4 Å². The lowest BCUT2D eigenvalue weighted by Gasteiger charge is -2.26. The van der Waals surface area contributed by atoms with Crippen molar-refractivity contribution in [1.29, 1.82) is 5.26 Å². The van der Waals surface area contributed by atoms with Gasteiger partial charge in [-0.3, -0.25) is 0 Å². The van der Waals surface area contributed by atoms with Gasteiger partial charge in [0.2, 0.25) is 0 Å². The Labute approximate surface area is 104 Å². The lowest BCUT2D eigenvalue weighted by Crippen LogP contribution is -2.28. The molecular formula is C11H14IN3. The minimum atomic E-state index is 0.215. The first-order valence-electron chi connectivity index (χ1n) is 4.71. The van der Waals surface area contributed by atoms with Crippen LogP contribution in [0.15, 0.2) is 18.2 Å². The maximum absolute atomic E-state index is 8.65. The maximum Gasteiger partial charge on any atom is 0.0643 e. The van der Waals surface area contributed by atoms with Gasteiger partial charge in [0.25, 0.3) is 0 Å². The van der Waals surface area contributed by atoms with Crippen LogP contribution in [0, 0.1) is 14.9 Å². The molecule has 0 aliphatic carbocycles. The van der Waals surface area contributed by atoms with E-state index in [0.717, 1.165) is 14.9 Å². The molecule has 1 atom stereocenters. The molecule has 0 fully saturated rings. The highest BCUT2D eigenvalue weighted by atomic mass is 127. The summed E-state index contributed by atoms with van der Waals surface area (Å²) in [7, 11) is 2.00. The van der Waals surface area contributed by atoms with Gasteiger partial charge in [0.1, 0.15) is 0 Å². The van der Waals surface area contributed by atoms with Gasteiger partial charge >= 0.3 is 0 Å². The van der Waals surface area contributed by atoms with Crippen molar-refractivity contribution in [1.82, 2.24) is 0 Å². The van der Waals surface area contributed by atoms with E-state index in [0.29, 0.717) is 6.42 Å². The topological polar surface area (TPSA) is 53.0 Å². The maximum atomic E-state index is 8.65. The van der Waals surface area contributed by atoms with Crippen LogP contribution in [0.4, 0.5) is 11.4 Å². The fourth-order valence-corrected chi connectivity index (χ4v) is 2.24. The molecule has 0 amide bonds. The number of benzene rings is 1. The summed E-state index contributed by atoms with van der Waals surface area (Å²) >= 11 is 2.26. The highest BCUT2D eigenvalue weighted by Gasteiger charge is 2.12. The van der Waals surface area contributed by atoms with E-state index in [1.807, 2.05) is 32.2 Å². The van der Waals surface area contributed by atoms with Gasteiger partial charge < -0.3 is 10.6 Å². The van der Waals surface area contributed by atoms with Crippen LogP contribution in [-0.4, -0.2) is 13.1 Å². The van der Waals surface area contributed by atoms with Crippen LogP contribution in [0.2, 0.25) is 0 Å². The lowest BCUT2D eigenvalue weighted by atomic mass is 10.2. The number of anilines is 2. The number of halogens is 1. The number of nitrogens with zero attached hydrogens (tertiary/aromatic N) is 2. The lowest BCUT2D eigenvalue weighted by molar-refractivity contribution is 0.701. The molecule has 4 heteroatoms. The largest absolute Gasteiger partial charge is 0.399 e. The van der Waals surface area contributed by atoms with E-state index in [4.69, 9.17) is 11.0 Å². The van der Waals surface area contributed by atoms with Crippen LogP contribution in [0.25, 0.3) is 0 Å². The van der Waals surface area contributed by atoms with E-state index in [2.05, 4.69) is 33.6 Å². The monoisotopic (exact) mass is 315 g/mol. The third-order valence-electron chi connectivity index (χ3n) is 2.40. The fraction of sp³-hybridized carbons (Fsp3) is 0.364. The number of rotatable bonds is 3. The van der Waals surface area contributed by atoms with Crippen LogP contribution < -0.4 is 10.6 Å². The summed E-state index contributed by atoms with van der Waals surface area (Å²) < 4.78 is 1.11. The first kappa shape index (κ1) is 12.1. The van der Waals surface area contributed by atoms with Crippen molar-refractivity contribution >= 4 is 34.0 Å². The Hall–Kier alpha value is -0.960. The predicted molar refractivity (Wildman–Crippen MR) is 71.7 cm³/mol.